The van der Waals surface area contributed by atoms with Gasteiger partial charge in [-0.15, -0.1) is 0 Å². The molecule has 1 atom stereocenters. The number of nitrogens with zero attached hydrogens (tertiary/aromatic N) is 1. The predicted molar refractivity (Wildman–Crippen MR) is 85.4 cm³/mol. The number of hydrogen-bond acceptors (Lipinski definition) is 2. The highest BCUT2D eigenvalue weighted by molar-refractivity contribution is 5.95. The molecule has 0 aromatic heterocycles. The van der Waals surface area contributed by atoms with Crippen molar-refractivity contribution in [3.63, 3.8) is 0 Å². The average molecular weight is 373 g/mol. The van der Waals surface area contributed by atoms with Crippen molar-refractivity contribution in [3.8, 4) is 11.1 Å². The molecule has 0 aliphatic heterocycles. The zero-order valence-corrected chi connectivity index (χ0v) is 13.7. The molecule has 1 amide bonds. The van der Waals surface area contributed by atoms with Gasteiger partial charge in [0.05, 0.1) is 12.1 Å². The van der Waals surface area contributed by atoms with Gasteiger partial charge in [-0.2, -0.15) is 13.2 Å². The Balaban J connectivity index is 2.32. The van der Waals surface area contributed by atoms with Crippen LogP contribution in [0.1, 0.15) is 17.3 Å². The molecular formula is C18H16F5NO2. The van der Waals surface area contributed by atoms with Gasteiger partial charge >= 0.3 is 6.18 Å². The highest BCUT2D eigenvalue weighted by atomic mass is 19.4. The maximum absolute atomic E-state index is 13.9. The molecule has 3 nitrogen and oxygen atoms in total. The summed E-state index contributed by atoms with van der Waals surface area (Å²) in [5.74, 6) is -2.43. The van der Waals surface area contributed by atoms with Crippen LogP contribution in [-0.2, 0) is 0 Å². The van der Waals surface area contributed by atoms with Crippen LogP contribution < -0.4 is 0 Å². The molecular weight excluding hydrogens is 357 g/mol. The van der Waals surface area contributed by atoms with Crippen LogP contribution in [0.3, 0.4) is 0 Å². The zero-order chi connectivity index (χ0) is 19.5. The quantitative estimate of drug-likeness (QED) is 0.805. The summed E-state index contributed by atoms with van der Waals surface area (Å²) in [7, 11) is 0. The number of amides is 1. The molecule has 2 aromatic carbocycles. The molecule has 0 heterocycles. The van der Waals surface area contributed by atoms with E-state index in [0.717, 1.165) is 17.0 Å². The monoisotopic (exact) mass is 373 g/mol. The fourth-order valence-electron chi connectivity index (χ4n) is 2.43. The topological polar surface area (TPSA) is 40.5 Å². The predicted octanol–water partition coefficient (Wildman–Crippen LogP) is 4.02. The maximum atomic E-state index is 13.9. The molecule has 26 heavy (non-hydrogen) atoms. The van der Waals surface area contributed by atoms with Crippen LogP contribution in [0.25, 0.3) is 11.1 Å². The fraction of sp³-hybridized carbons (Fsp3) is 0.278. The van der Waals surface area contributed by atoms with Crippen LogP contribution in [0.2, 0.25) is 0 Å². The van der Waals surface area contributed by atoms with Crippen molar-refractivity contribution in [3.05, 3.63) is 59.7 Å². The second-order valence-electron chi connectivity index (χ2n) is 5.58. The molecule has 0 saturated carbocycles. The van der Waals surface area contributed by atoms with Gasteiger partial charge in [0.15, 0.2) is 6.10 Å². The Morgan fingerprint density at radius 3 is 2.23 bits per heavy atom. The van der Waals surface area contributed by atoms with Gasteiger partial charge in [0.2, 0.25) is 0 Å². The van der Waals surface area contributed by atoms with E-state index < -0.39 is 36.4 Å². The summed E-state index contributed by atoms with van der Waals surface area (Å²) in [4.78, 5) is 13.3. The van der Waals surface area contributed by atoms with Gasteiger partial charge in [-0.05, 0) is 36.8 Å². The lowest BCUT2D eigenvalue weighted by molar-refractivity contribution is -0.206. The Morgan fingerprint density at radius 2 is 1.69 bits per heavy atom. The molecule has 0 saturated heterocycles. The largest absolute Gasteiger partial charge is 0.416 e. The third-order valence-corrected chi connectivity index (χ3v) is 3.80. The number of carbonyl (C=O) groups is 1. The average Bonchev–Trinajstić information content (AvgIpc) is 2.58. The molecule has 0 aliphatic rings. The summed E-state index contributed by atoms with van der Waals surface area (Å²) >= 11 is 0. The lowest BCUT2D eigenvalue weighted by atomic mass is 10.0. The summed E-state index contributed by atoms with van der Waals surface area (Å²) in [5, 5.41) is 9.17. The van der Waals surface area contributed by atoms with Crippen LogP contribution in [0.4, 0.5) is 22.0 Å². The summed E-state index contributed by atoms with van der Waals surface area (Å²) < 4.78 is 65.4. The van der Waals surface area contributed by atoms with E-state index in [1.54, 1.807) is 0 Å². The summed E-state index contributed by atoms with van der Waals surface area (Å²) in [5.41, 5.74) is -0.291. The Hall–Kier alpha value is -2.48. The van der Waals surface area contributed by atoms with E-state index in [4.69, 9.17) is 0 Å². The van der Waals surface area contributed by atoms with Crippen molar-refractivity contribution in [2.75, 3.05) is 13.1 Å². The number of hydrogen-bond donors (Lipinski definition) is 1. The Kier molecular flexibility index (Phi) is 5.97. The first-order valence-electron chi connectivity index (χ1n) is 7.73. The van der Waals surface area contributed by atoms with Gasteiger partial charge in [0.1, 0.15) is 11.6 Å². The highest BCUT2D eigenvalue weighted by Crippen LogP contribution is 2.27. The van der Waals surface area contributed by atoms with Crippen LogP contribution in [0.5, 0.6) is 0 Å². The van der Waals surface area contributed by atoms with Gasteiger partial charge in [-0.25, -0.2) is 8.78 Å². The molecule has 0 fully saturated rings. The van der Waals surface area contributed by atoms with Crippen molar-refractivity contribution in [2.24, 2.45) is 0 Å². The van der Waals surface area contributed by atoms with Crippen LogP contribution >= 0.6 is 0 Å². The number of halogens is 5. The number of aliphatic hydroxyl groups excluding tert-OH is 1. The van der Waals surface area contributed by atoms with E-state index in [1.807, 2.05) is 0 Å². The molecule has 2 rings (SSSR count). The molecule has 0 radical (unpaired) electrons. The van der Waals surface area contributed by atoms with Gasteiger partial charge in [-0.1, -0.05) is 18.2 Å². The van der Waals surface area contributed by atoms with E-state index >= 15 is 0 Å². The first-order chi connectivity index (χ1) is 12.1. The number of likely N-dealkylation sites (N-methyl/N-ethyl adjacent to an activating group) is 1. The van der Waals surface area contributed by atoms with Gasteiger partial charge in [-0.3, -0.25) is 4.79 Å². The normalized spacial score (nSPS) is 12.7. The minimum Gasteiger partial charge on any atom is -0.382 e. The van der Waals surface area contributed by atoms with E-state index in [9.17, 15) is 31.9 Å². The number of alkyl halides is 3. The van der Waals surface area contributed by atoms with Gasteiger partial charge in [0, 0.05) is 12.1 Å². The standard InChI is InChI=1S/C18H16F5NO2/c1-2-24(10-15(25)18(21,22)23)17(26)12-6-3-5-11(9-12)16-13(19)7-4-8-14(16)20/h3-9,15,25H,2,10H2,1H3. The third-order valence-electron chi connectivity index (χ3n) is 3.80. The van der Waals surface area contributed by atoms with Crippen molar-refractivity contribution >= 4 is 5.91 Å². The highest BCUT2D eigenvalue weighted by Gasteiger charge is 2.39. The zero-order valence-electron chi connectivity index (χ0n) is 13.7. The lowest BCUT2D eigenvalue weighted by Gasteiger charge is -2.25. The lowest BCUT2D eigenvalue weighted by Crippen LogP contribution is -2.43. The minimum atomic E-state index is -4.86. The van der Waals surface area contributed by atoms with Crippen molar-refractivity contribution < 1.29 is 31.9 Å². The first-order valence-corrected chi connectivity index (χ1v) is 7.73. The molecule has 0 bridgehead atoms. The molecule has 8 heteroatoms. The van der Waals surface area contributed by atoms with Crippen LogP contribution in [0.15, 0.2) is 42.5 Å². The molecule has 0 spiro atoms. The number of carbonyl (C=O) groups excluding carboxylic acids is 1. The SMILES string of the molecule is CCN(CC(O)C(F)(F)F)C(=O)c1cccc(-c2c(F)cccc2F)c1. The van der Waals surface area contributed by atoms with E-state index in [0.29, 0.717) is 0 Å². The second kappa shape index (κ2) is 7.82. The fourth-order valence-corrected chi connectivity index (χ4v) is 2.43. The number of benzene rings is 2. The Labute approximate surface area is 146 Å². The number of rotatable bonds is 5. The van der Waals surface area contributed by atoms with Crippen LogP contribution in [-0.4, -0.2) is 41.3 Å². The van der Waals surface area contributed by atoms with Crippen molar-refractivity contribution in [1.29, 1.82) is 0 Å². The van der Waals surface area contributed by atoms with E-state index in [2.05, 4.69) is 0 Å². The second-order valence-corrected chi connectivity index (χ2v) is 5.58. The molecule has 1 unspecified atom stereocenters. The molecule has 2 aromatic rings. The summed E-state index contributed by atoms with van der Waals surface area (Å²) in [6.07, 6.45) is -7.54. The number of aliphatic hydroxyl groups is 1. The Bertz CT molecular complexity index is 771. The Morgan fingerprint density at radius 1 is 1.12 bits per heavy atom. The van der Waals surface area contributed by atoms with Crippen molar-refractivity contribution in [1.82, 2.24) is 4.90 Å². The third kappa shape index (κ3) is 4.37. The van der Waals surface area contributed by atoms with Crippen LogP contribution in [0, 0.1) is 11.6 Å². The summed E-state index contributed by atoms with van der Waals surface area (Å²) in [6, 6.07) is 8.61. The van der Waals surface area contributed by atoms with Crippen molar-refractivity contribution in [2.45, 2.75) is 19.2 Å². The van der Waals surface area contributed by atoms with E-state index in [-0.39, 0.29) is 23.2 Å². The van der Waals surface area contributed by atoms with Gasteiger partial charge < -0.3 is 10.0 Å². The molecule has 0 aliphatic carbocycles. The maximum Gasteiger partial charge on any atom is 0.416 e. The smallest absolute Gasteiger partial charge is 0.382 e. The summed E-state index contributed by atoms with van der Waals surface area (Å²) in [6.45, 7) is 0.447. The molecule has 140 valence electrons. The minimum absolute atomic E-state index is 0.0404. The van der Waals surface area contributed by atoms with Gasteiger partial charge in [0.25, 0.3) is 5.91 Å². The first kappa shape index (κ1) is 19.8. The molecule has 1 N–H and O–H groups in total. The van der Waals surface area contributed by atoms with E-state index in [1.165, 1.54) is 37.3 Å².